The van der Waals surface area contributed by atoms with Gasteiger partial charge in [-0.15, -0.1) is 0 Å². The molecule has 32 heavy (non-hydrogen) atoms. The summed E-state index contributed by atoms with van der Waals surface area (Å²) in [4.78, 5) is 15.3. The first kappa shape index (κ1) is 20.6. The van der Waals surface area contributed by atoms with E-state index in [0.29, 0.717) is 37.0 Å². The molecule has 2 aromatic carbocycles. The lowest BCUT2D eigenvalue weighted by Gasteiger charge is -2.35. The number of nitrogens with zero attached hydrogens (tertiary/aromatic N) is 2. The molecular weight excluding hydrogens is 406 g/mol. The zero-order valence-electron chi connectivity index (χ0n) is 18.0. The van der Waals surface area contributed by atoms with Gasteiger partial charge in [-0.25, -0.2) is 0 Å². The molecule has 1 atom stereocenters. The molecule has 5 rings (SSSR count). The summed E-state index contributed by atoms with van der Waals surface area (Å²) < 4.78 is 16.6. The average molecular weight is 434 g/mol. The Labute approximate surface area is 187 Å². The largest absolute Gasteiger partial charge is 0.486 e. The van der Waals surface area contributed by atoms with Crippen LogP contribution in [0, 0.1) is 0 Å². The summed E-state index contributed by atoms with van der Waals surface area (Å²) in [6, 6.07) is 17.7. The van der Waals surface area contributed by atoms with Crippen molar-refractivity contribution in [2.24, 2.45) is 0 Å². The van der Waals surface area contributed by atoms with Crippen LogP contribution in [0.5, 0.6) is 11.5 Å². The van der Waals surface area contributed by atoms with E-state index in [2.05, 4.69) is 27.5 Å². The van der Waals surface area contributed by atoms with Gasteiger partial charge in [0, 0.05) is 18.2 Å². The van der Waals surface area contributed by atoms with E-state index in [1.165, 1.54) is 24.8 Å². The lowest BCUT2D eigenvalue weighted by atomic mass is 10.0. The normalized spacial score (nSPS) is 17.0. The van der Waals surface area contributed by atoms with Crippen molar-refractivity contribution in [1.82, 2.24) is 15.4 Å². The third-order valence-electron chi connectivity index (χ3n) is 6.04. The zero-order chi connectivity index (χ0) is 21.8. The van der Waals surface area contributed by atoms with Crippen molar-refractivity contribution in [3.63, 3.8) is 0 Å². The van der Waals surface area contributed by atoms with Gasteiger partial charge in [-0.2, -0.15) is 0 Å². The predicted molar refractivity (Wildman–Crippen MR) is 120 cm³/mol. The van der Waals surface area contributed by atoms with E-state index in [1.54, 1.807) is 6.07 Å². The minimum Gasteiger partial charge on any atom is -0.486 e. The standard InChI is InChI=1S/C25H27N3O4/c29-25(26-17-21(18-7-3-1-4-8-18)28-11-5-2-6-12-28)20-16-23(32-27-20)19-9-10-22-24(15-19)31-14-13-30-22/h1,3-4,7-10,15-16,21H,2,5-6,11-14,17H2,(H,26,29)/t21-/m1/s1. The Morgan fingerprint density at radius 2 is 1.75 bits per heavy atom. The van der Waals surface area contributed by atoms with Crippen molar-refractivity contribution in [2.75, 3.05) is 32.8 Å². The quantitative estimate of drug-likeness (QED) is 0.632. The molecule has 3 heterocycles. The fourth-order valence-electron chi connectivity index (χ4n) is 4.36. The number of aromatic nitrogens is 1. The van der Waals surface area contributed by atoms with Crippen molar-refractivity contribution in [3.8, 4) is 22.8 Å². The molecule has 0 unspecified atom stereocenters. The van der Waals surface area contributed by atoms with Crippen LogP contribution in [0.2, 0.25) is 0 Å². The maximum Gasteiger partial charge on any atom is 0.273 e. The summed E-state index contributed by atoms with van der Waals surface area (Å²) >= 11 is 0. The molecule has 1 amide bonds. The number of fused-ring (bicyclic) bond motifs is 1. The molecule has 1 saturated heterocycles. The van der Waals surface area contributed by atoms with Crippen LogP contribution in [-0.4, -0.2) is 48.8 Å². The van der Waals surface area contributed by atoms with E-state index in [0.717, 1.165) is 18.7 Å². The number of hydrogen-bond donors (Lipinski definition) is 1. The third kappa shape index (κ3) is 4.48. The minimum atomic E-state index is -0.240. The molecule has 0 saturated carbocycles. The molecule has 2 aliphatic rings. The van der Waals surface area contributed by atoms with Crippen LogP contribution >= 0.6 is 0 Å². The highest BCUT2D eigenvalue weighted by molar-refractivity contribution is 5.93. The summed E-state index contributed by atoms with van der Waals surface area (Å²) in [5.41, 5.74) is 2.27. The zero-order valence-corrected chi connectivity index (χ0v) is 18.0. The molecule has 166 valence electrons. The van der Waals surface area contributed by atoms with Gasteiger partial charge in [-0.1, -0.05) is 41.9 Å². The Bertz CT molecular complexity index is 1060. The first-order valence-corrected chi connectivity index (χ1v) is 11.2. The van der Waals surface area contributed by atoms with Crippen LogP contribution in [0.15, 0.2) is 59.1 Å². The summed E-state index contributed by atoms with van der Waals surface area (Å²) in [5, 5.41) is 7.06. The smallest absolute Gasteiger partial charge is 0.273 e. The predicted octanol–water partition coefficient (Wildman–Crippen LogP) is 4.07. The van der Waals surface area contributed by atoms with Gasteiger partial charge in [0.05, 0.1) is 6.04 Å². The molecule has 1 fully saturated rings. The Hall–Kier alpha value is -3.32. The first-order chi connectivity index (χ1) is 15.8. The molecule has 7 heteroatoms. The molecule has 2 aliphatic heterocycles. The molecule has 1 N–H and O–H groups in total. The second kappa shape index (κ2) is 9.44. The number of carbonyl (C=O) groups is 1. The Morgan fingerprint density at radius 3 is 2.56 bits per heavy atom. The van der Waals surface area contributed by atoms with Crippen molar-refractivity contribution in [2.45, 2.75) is 25.3 Å². The number of amides is 1. The fraction of sp³-hybridized carbons (Fsp3) is 0.360. The van der Waals surface area contributed by atoms with E-state index >= 15 is 0 Å². The van der Waals surface area contributed by atoms with E-state index in [9.17, 15) is 4.79 Å². The number of benzene rings is 2. The molecule has 1 aromatic heterocycles. The molecule has 7 nitrogen and oxygen atoms in total. The number of carbonyl (C=O) groups excluding carboxylic acids is 1. The Morgan fingerprint density at radius 1 is 0.969 bits per heavy atom. The molecule has 0 radical (unpaired) electrons. The SMILES string of the molecule is O=C(NC[C@H](c1ccccc1)N1CCCCC1)c1cc(-c2ccc3c(c2)OCCO3)on1. The maximum absolute atomic E-state index is 12.8. The van der Waals surface area contributed by atoms with Gasteiger partial charge < -0.3 is 19.3 Å². The van der Waals surface area contributed by atoms with Crippen molar-refractivity contribution in [3.05, 3.63) is 65.9 Å². The lowest BCUT2D eigenvalue weighted by Crippen LogP contribution is -2.40. The molecular formula is C25H27N3O4. The third-order valence-corrected chi connectivity index (χ3v) is 6.04. The maximum atomic E-state index is 12.8. The average Bonchev–Trinajstić information content (AvgIpc) is 3.36. The summed E-state index contributed by atoms with van der Waals surface area (Å²) in [7, 11) is 0. The molecule has 0 bridgehead atoms. The Balaban J connectivity index is 1.28. The number of likely N-dealkylation sites (tertiary alicyclic amines) is 1. The highest BCUT2D eigenvalue weighted by atomic mass is 16.6. The lowest BCUT2D eigenvalue weighted by molar-refractivity contribution is 0.0915. The van der Waals surface area contributed by atoms with Crippen molar-refractivity contribution >= 4 is 5.91 Å². The van der Waals surface area contributed by atoms with Gasteiger partial charge in [0.1, 0.15) is 13.2 Å². The monoisotopic (exact) mass is 433 g/mol. The fourth-order valence-corrected chi connectivity index (χ4v) is 4.36. The molecule has 0 spiro atoms. The van der Waals surface area contributed by atoms with Crippen LogP contribution in [0.3, 0.4) is 0 Å². The van der Waals surface area contributed by atoms with Crippen LogP contribution in [-0.2, 0) is 0 Å². The number of rotatable bonds is 6. The van der Waals surface area contributed by atoms with E-state index in [1.807, 2.05) is 36.4 Å². The first-order valence-electron chi connectivity index (χ1n) is 11.2. The van der Waals surface area contributed by atoms with Crippen LogP contribution in [0.25, 0.3) is 11.3 Å². The second-order valence-corrected chi connectivity index (χ2v) is 8.17. The molecule has 0 aliphatic carbocycles. The topological polar surface area (TPSA) is 76.8 Å². The van der Waals surface area contributed by atoms with E-state index < -0.39 is 0 Å². The minimum absolute atomic E-state index is 0.143. The van der Waals surface area contributed by atoms with Gasteiger partial charge >= 0.3 is 0 Å². The van der Waals surface area contributed by atoms with Gasteiger partial charge in [0.15, 0.2) is 23.0 Å². The van der Waals surface area contributed by atoms with Gasteiger partial charge in [0.25, 0.3) is 5.91 Å². The summed E-state index contributed by atoms with van der Waals surface area (Å²) in [6.45, 7) is 3.68. The number of hydrogen-bond acceptors (Lipinski definition) is 6. The second-order valence-electron chi connectivity index (χ2n) is 8.17. The number of piperidine rings is 1. The number of ether oxygens (including phenoxy) is 2. The van der Waals surface area contributed by atoms with Crippen molar-refractivity contribution < 1.29 is 18.8 Å². The van der Waals surface area contributed by atoms with Crippen molar-refractivity contribution in [1.29, 1.82) is 0 Å². The number of nitrogens with one attached hydrogen (secondary N) is 1. The summed E-state index contributed by atoms with van der Waals surface area (Å²) in [6.07, 6.45) is 3.66. The van der Waals surface area contributed by atoms with Gasteiger partial charge in [0.2, 0.25) is 0 Å². The highest BCUT2D eigenvalue weighted by Gasteiger charge is 2.24. The highest BCUT2D eigenvalue weighted by Crippen LogP contribution is 2.34. The summed E-state index contributed by atoms with van der Waals surface area (Å²) in [5.74, 6) is 1.66. The van der Waals surface area contributed by atoms with Gasteiger partial charge in [-0.3, -0.25) is 9.69 Å². The van der Waals surface area contributed by atoms with E-state index in [-0.39, 0.29) is 17.6 Å². The molecule has 3 aromatic rings. The van der Waals surface area contributed by atoms with Crippen LogP contribution < -0.4 is 14.8 Å². The van der Waals surface area contributed by atoms with E-state index in [4.69, 9.17) is 14.0 Å². The van der Waals surface area contributed by atoms with Crippen LogP contribution in [0.4, 0.5) is 0 Å². The van der Waals surface area contributed by atoms with Crippen LogP contribution in [0.1, 0.15) is 41.4 Å². The Kier molecular flexibility index (Phi) is 6.07. The van der Waals surface area contributed by atoms with Gasteiger partial charge in [-0.05, 0) is 49.7 Å².